The molecule has 1 heterocycles. The molecular weight excluding hydrogens is 485 g/mol. The number of alkyl halides is 3. The third-order valence-corrected chi connectivity index (χ3v) is 6.70. The van der Waals surface area contributed by atoms with Crippen molar-refractivity contribution in [3.05, 3.63) is 58.7 Å². The van der Waals surface area contributed by atoms with E-state index < -0.39 is 59.0 Å². The van der Waals surface area contributed by atoms with Gasteiger partial charge in [-0.15, -0.1) is 0 Å². The first-order valence-corrected chi connectivity index (χ1v) is 11.3. The van der Waals surface area contributed by atoms with Crippen LogP contribution in [0.1, 0.15) is 52.5 Å². The van der Waals surface area contributed by atoms with E-state index in [1.165, 1.54) is 12.4 Å². The van der Waals surface area contributed by atoms with Crippen LogP contribution in [-0.2, 0) is 11.2 Å². The SMILES string of the molecule is Cc1ncc(C(CC(=O)NCC(Cc2cc(F)c(C(N)=O)c(F)c2)N(C)C)C2(C(F)(F)F)CC2)cn1. The van der Waals surface area contributed by atoms with E-state index in [0.29, 0.717) is 5.82 Å². The number of rotatable bonds is 10. The number of benzene rings is 1. The van der Waals surface area contributed by atoms with E-state index in [0.717, 1.165) is 12.1 Å². The summed E-state index contributed by atoms with van der Waals surface area (Å²) in [5.41, 5.74) is 2.63. The minimum atomic E-state index is -4.49. The van der Waals surface area contributed by atoms with Crippen LogP contribution < -0.4 is 11.1 Å². The summed E-state index contributed by atoms with van der Waals surface area (Å²) in [5.74, 6) is -4.74. The number of nitrogens with two attached hydrogens (primary N) is 1. The van der Waals surface area contributed by atoms with Crippen LogP contribution in [0.2, 0.25) is 0 Å². The second-order valence-corrected chi connectivity index (χ2v) is 9.40. The number of aromatic nitrogens is 2. The second kappa shape index (κ2) is 10.5. The van der Waals surface area contributed by atoms with Gasteiger partial charge in [0.15, 0.2) is 0 Å². The Hall–Kier alpha value is -3.15. The predicted molar refractivity (Wildman–Crippen MR) is 121 cm³/mol. The zero-order valence-electron chi connectivity index (χ0n) is 20.1. The van der Waals surface area contributed by atoms with E-state index in [4.69, 9.17) is 5.73 Å². The van der Waals surface area contributed by atoms with Gasteiger partial charge < -0.3 is 16.0 Å². The van der Waals surface area contributed by atoms with Gasteiger partial charge in [0.05, 0.1) is 5.41 Å². The maximum absolute atomic E-state index is 14.1. The Morgan fingerprint density at radius 1 is 1.14 bits per heavy atom. The van der Waals surface area contributed by atoms with Gasteiger partial charge in [0.25, 0.3) is 5.91 Å². The fraction of sp³-hybridized carbons (Fsp3) is 0.500. The van der Waals surface area contributed by atoms with Crippen molar-refractivity contribution in [1.29, 1.82) is 0 Å². The summed E-state index contributed by atoms with van der Waals surface area (Å²) in [5, 5.41) is 2.66. The number of amides is 2. The van der Waals surface area contributed by atoms with Gasteiger partial charge >= 0.3 is 6.18 Å². The molecule has 3 N–H and O–H groups in total. The molecule has 12 heteroatoms. The first kappa shape index (κ1) is 27.4. The van der Waals surface area contributed by atoms with Crippen molar-refractivity contribution in [1.82, 2.24) is 20.2 Å². The monoisotopic (exact) mass is 513 g/mol. The van der Waals surface area contributed by atoms with Gasteiger partial charge in [0.2, 0.25) is 5.91 Å². The number of hydrogen-bond donors (Lipinski definition) is 2. The number of primary amides is 1. The Morgan fingerprint density at radius 3 is 2.14 bits per heavy atom. The maximum atomic E-state index is 14.1. The highest BCUT2D eigenvalue weighted by molar-refractivity contribution is 5.93. The van der Waals surface area contributed by atoms with E-state index in [1.54, 1.807) is 25.9 Å². The van der Waals surface area contributed by atoms with Crippen molar-refractivity contribution in [2.45, 2.75) is 50.7 Å². The summed E-state index contributed by atoms with van der Waals surface area (Å²) in [6.45, 7) is 1.63. The zero-order chi connectivity index (χ0) is 26.8. The van der Waals surface area contributed by atoms with Crippen LogP contribution in [0, 0.1) is 24.0 Å². The number of hydrogen-bond acceptors (Lipinski definition) is 5. The van der Waals surface area contributed by atoms with Crippen molar-refractivity contribution < 1.29 is 31.5 Å². The molecule has 1 aromatic heterocycles. The third kappa shape index (κ3) is 5.97. The van der Waals surface area contributed by atoms with Gasteiger partial charge in [0, 0.05) is 37.3 Å². The molecule has 36 heavy (non-hydrogen) atoms. The van der Waals surface area contributed by atoms with Gasteiger partial charge in [-0.05, 0) is 63.5 Å². The standard InChI is InChI=1S/C24H28F5N5O2/c1-13-31-10-15(11-32-13)17(23(4-5-23)24(27,28)29)9-20(35)33-12-16(34(2)3)6-14-7-18(25)21(22(30)36)19(26)8-14/h7-8,10-11,16-17H,4-6,9,12H2,1-3H3,(H2,30,36)(H,33,35). The largest absolute Gasteiger partial charge is 0.395 e. The lowest BCUT2D eigenvalue weighted by atomic mass is 9.81. The van der Waals surface area contributed by atoms with Crippen LogP contribution in [0.4, 0.5) is 22.0 Å². The maximum Gasteiger partial charge on any atom is 0.395 e. The molecule has 0 spiro atoms. The van der Waals surface area contributed by atoms with Crippen molar-refractivity contribution in [3.8, 4) is 0 Å². The summed E-state index contributed by atoms with van der Waals surface area (Å²) in [7, 11) is 3.38. The molecule has 1 fully saturated rings. The number of halogens is 5. The summed E-state index contributed by atoms with van der Waals surface area (Å²) in [4.78, 5) is 33.7. The zero-order valence-corrected chi connectivity index (χ0v) is 20.1. The molecule has 2 atom stereocenters. The van der Waals surface area contributed by atoms with Gasteiger partial charge in [-0.3, -0.25) is 9.59 Å². The first-order chi connectivity index (χ1) is 16.7. The topological polar surface area (TPSA) is 101 Å². The number of likely N-dealkylation sites (N-methyl/N-ethyl adjacent to an activating group) is 1. The lowest BCUT2D eigenvalue weighted by Gasteiger charge is -2.29. The Labute approximate surface area is 205 Å². The highest BCUT2D eigenvalue weighted by atomic mass is 19.4. The number of nitrogens with zero attached hydrogens (tertiary/aromatic N) is 3. The van der Waals surface area contributed by atoms with E-state index in [-0.39, 0.29) is 36.9 Å². The van der Waals surface area contributed by atoms with E-state index in [2.05, 4.69) is 15.3 Å². The third-order valence-electron chi connectivity index (χ3n) is 6.70. The Kier molecular flexibility index (Phi) is 7.97. The fourth-order valence-electron chi connectivity index (χ4n) is 4.36. The van der Waals surface area contributed by atoms with Gasteiger partial charge in [0.1, 0.15) is 23.0 Å². The minimum Gasteiger partial charge on any atom is -0.365 e. The van der Waals surface area contributed by atoms with Crippen LogP contribution >= 0.6 is 0 Å². The summed E-state index contributed by atoms with van der Waals surface area (Å²) < 4.78 is 70.0. The summed E-state index contributed by atoms with van der Waals surface area (Å²) in [6.07, 6.45) is -2.31. The molecule has 1 aromatic carbocycles. The molecule has 1 aliphatic rings. The number of aryl methyl sites for hydroxylation is 1. The highest BCUT2D eigenvalue weighted by Crippen LogP contribution is 2.66. The van der Waals surface area contributed by atoms with Gasteiger partial charge in [-0.1, -0.05) is 0 Å². The molecule has 1 aliphatic carbocycles. The molecule has 0 radical (unpaired) electrons. The van der Waals surface area contributed by atoms with E-state index in [9.17, 15) is 31.5 Å². The summed E-state index contributed by atoms with van der Waals surface area (Å²) >= 11 is 0. The van der Waals surface area contributed by atoms with E-state index >= 15 is 0 Å². The molecule has 0 aliphatic heterocycles. The lowest BCUT2D eigenvalue weighted by Crippen LogP contribution is -2.43. The molecule has 7 nitrogen and oxygen atoms in total. The number of nitrogens with one attached hydrogen (secondary N) is 1. The second-order valence-electron chi connectivity index (χ2n) is 9.40. The molecule has 3 rings (SSSR count). The molecule has 0 saturated heterocycles. The van der Waals surface area contributed by atoms with Crippen molar-refractivity contribution in [2.24, 2.45) is 11.1 Å². The van der Waals surface area contributed by atoms with Crippen LogP contribution in [0.3, 0.4) is 0 Å². The Bertz CT molecular complexity index is 1090. The van der Waals surface area contributed by atoms with Crippen LogP contribution in [0.15, 0.2) is 24.5 Å². The summed E-state index contributed by atoms with van der Waals surface area (Å²) in [6, 6.07) is 1.55. The van der Waals surface area contributed by atoms with Crippen molar-refractivity contribution in [2.75, 3.05) is 20.6 Å². The molecule has 1 saturated carbocycles. The molecule has 0 bridgehead atoms. The number of carbonyl (C=O) groups excluding carboxylic acids is 2. The lowest BCUT2D eigenvalue weighted by molar-refractivity contribution is -0.194. The predicted octanol–water partition coefficient (Wildman–Crippen LogP) is 3.27. The average Bonchev–Trinajstić information content (AvgIpc) is 3.57. The molecule has 196 valence electrons. The van der Waals surface area contributed by atoms with E-state index in [1.807, 2.05) is 0 Å². The fourth-order valence-corrected chi connectivity index (χ4v) is 4.36. The Balaban J connectivity index is 1.72. The van der Waals surface area contributed by atoms with Crippen LogP contribution in [-0.4, -0.2) is 59.5 Å². The molecular formula is C24H28F5N5O2. The first-order valence-electron chi connectivity index (χ1n) is 11.3. The quantitative estimate of drug-likeness (QED) is 0.475. The van der Waals surface area contributed by atoms with Crippen molar-refractivity contribution >= 4 is 11.8 Å². The minimum absolute atomic E-state index is 0.0166. The van der Waals surface area contributed by atoms with Crippen LogP contribution in [0.5, 0.6) is 0 Å². The van der Waals surface area contributed by atoms with Crippen molar-refractivity contribution in [3.63, 3.8) is 0 Å². The van der Waals surface area contributed by atoms with Crippen LogP contribution in [0.25, 0.3) is 0 Å². The van der Waals surface area contributed by atoms with Gasteiger partial charge in [-0.2, -0.15) is 13.2 Å². The average molecular weight is 514 g/mol. The number of carbonyl (C=O) groups is 2. The molecule has 2 aromatic rings. The smallest absolute Gasteiger partial charge is 0.365 e. The Morgan fingerprint density at radius 2 is 1.69 bits per heavy atom. The normalized spacial score (nSPS) is 16.5. The highest BCUT2D eigenvalue weighted by Gasteiger charge is 2.67. The molecule has 2 amide bonds. The molecule has 2 unspecified atom stereocenters. The van der Waals surface area contributed by atoms with Gasteiger partial charge in [-0.25, -0.2) is 18.7 Å².